The van der Waals surface area contributed by atoms with Crippen molar-refractivity contribution in [3.8, 4) is 0 Å². The summed E-state index contributed by atoms with van der Waals surface area (Å²) < 4.78 is 0.877. The van der Waals surface area contributed by atoms with E-state index in [2.05, 4.69) is 31.1 Å². The Balaban J connectivity index is 0.000000817. The maximum Gasteiger partial charge on any atom is 0.137 e. The van der Waals surface area contributed by atoms with E-state index in [0.717, 1.165) is 28.8 Å². The molecular weight excluding hydrogens is 408 g/mol. The van der Waals surface area contributed by atoms with Gasteiger partial charge in [0.2, 0.25) is 0 Å². The highest BCUT2D eigenvalue weighted by Crippen LogP contribution is 2.26. The Labute approximate surface area is 171 Å². The molecular formula is C20H33BrN4O2. The van der Waals surface area contributed by atoms with Gasteiger partial charge in [0.15, 0.2) is 0 Å². The van der Waals surface area contributed by atoms with E-state index < -0.39 is 6.10 Å². The number of hydrogen-bond donors (Lipinski definition) is 4. The van der Waals surface area contributed by atoms with Crippen molar-refractivity contribution in [3.63, 3.8) is 0 Å². The molecule has 0 spiro atoms. The molecule has 27 heavy (non-hydrogen) atoms. The number of halogens is 1. The van der Waals surface area contributed by atoms with Gasteiger partial charge in [0, 0.05) is 53.7 Å². The normalized spacial score (nSPS) is 23.5. The molecule has 0 unspecified atom stereocenters. The topological polar surface area (TPSA) is 92.5 Å². The zero-order valence-electron chi connectivity index (χ0n) is 16.4. The number of aliphatic hydroxyl groups excluding tert-OH is 2. The van der Waals surface area contributed by atoms with Gasteiger partial charge in [-0.05, 0) is 55.1 Å². The van der Waals surface area contributed by atoms with E-state index in [1.807, 2.05) is 6.07 Å². The minimum atomic E-state index is -0.398. The van der Waals surface area contributed by atoms with E-state index in [-0.39, 0.29) is 12.6 Å². The maximum absolute atomic E-state index is 10.6. The zero-order valence-corrected chi connectivity index (χ0v) is 18.0. The molecule has 2 fully saturated rings. The summed E-state index contributed by atoms with van der Waals surface area (Å²) in [4.78, 5) is 6.62. The molecule has 7 heteroatoms. The minimum Gasteiger partial charge on any atom is -0.397 e. The van der Waals surface area contributed by atoms with Gasteiger partial charge in [0.1, 0.15) is 5.82 Å². The third-order valence-corrected chi connectivity index (χ3v) is 5.61. The number of pyridine rings is 1. The van der Waals surface area contributed by atoms with Crippen LogP contribution in [0.5, 0.6) is 0 Å². The Kier molecular flexibility index (Phi) is 9.15. The molecule has 4 N–H and O–H groups in total. The molecule has 6 nitrogen and oxygen atoms in total. The van der Waals surface area contributed by atoms with Gasteiger partial charge in [0.05, 0.1) is 6.10 Å². The van der Waals surface area contributed by atoms with Crippen molar-refractivity contribution in [2.24, 2.45) is 0 Å². The first kappa shape index (κ1) is 22.3. The van der Waals surface area contributed by atoms with Crippen LogP contribution < -0.4 is 10.2 Å². The summed E-state index contributed by atoms with van der Waals surface area (Å²) >= 11 is 3.43. The summed E-state index contributed by atoms with van der Waals surface area (Å²) in [7, 11) is 0. The molecule has 2 atom stereocenters. The summed E-state index contributed by atoms with van der Waals surface area (Å²) in [6.07, 6.45) is 8.70. The number of hydrogen-bond acceptors (Lipinski definition) is 6. The summed E-state index contributed by atoms with van der Waals surface area (Å²) in [5, 5.41) is 29.9. The molecule has 0 radical (unpaired) electrons. The SMILES string of the molecule is CC(=N)c1cc(Br)cnc1N1CC[C@@H](NC2CCCCC2)[C@H](O)C1.CCO. The molecule has 0 bridgehead atoms. The first-order valence-corrected chi connectivity index (χ1v) is 10.8. The molecule has 1 saturated carbocycles. The van der Waals surface area contributed by atoms with Crippen molar-refractivity contribution in [2.75, 3.05) is 24.6 Å². The second-order valence-electron chi connectivity index (χ2n) is 7.38. The quantitative estimate of drug-likeness (QED) is 0.539. The zero-order chi connectivity index (χ0) is 19.8. The number of β-amino-alcohol motifs (C(OH)–C–C–N with tert-alkyl or cyclic N) is 1. The number of nitrogens with zero attached hydrogens (tertiary/aromatic N) is 2. The fourth-order valence-corrected chi connectivity index (χ4v) is 4.18. The Morgan fingerprint density at radius 2 is 2.00 bits per heavy atom. The average Bonchev–Trinajstić information content (AvgIpc) is 2.65. The molecule has 1 saturated heterocycles. The van der Waals surface area contributed by atoms with Crippen LogP contribution in [0, 0.1) is 5.41 Å². The van der Waals surface area contributed by atoms with E-state index in [4.69, 9.17) is 10.5 Å². The van der Waals surface area contributed by atoms with Crippen LogP contribution in [0.3, 0.4) is 0 Å². The van der Waals surface area contributed by atoms with E-state index in [1.54, 1.807) is 20.0 Å². The summed E-state index contributed by atoms with van der Waals surface area (Å²) in [5.74, 6) is 0.806. The van der Waals surface area contributed by atoms with Gasteiger partial charge in [-0.15, -0.1) is 0 Å². The van der Waals surface area contributed by atoms with Gasteiger partial charge in [-0.2, -0.15) is 0 Å². The second kappa shape index (κ2) is 11.1. The number of rotatable bonds is 4. The molecule has 152 valence electrons. The molecule has 3 rings (SSSR count). The van der Waals surface area contributed by atoms with Gasteiger partial charge in [-0.3, -0.25) is 0 Å². The predicted molar refractivity (Wildman–Crippen MR) is 114 cm³/mol. The van der Waals surface area contributed by atoms with Crippen LogP contribution in [-0.4, -0.2) is 58.8 Å². The largest absolute Gasteiger partial charge is 0.397 e. The van der Waals surface area contributed by atoms with Crippen LogP contribution in [0.15, 0.2) is 16.7 Å². The maximum atomic E-state index is 10.6. The Bertz CT molecular complexity index is 608. The number of aliphatic hydroxyl groups is 2. The number of anilines is 1. The highest BCUT2D eigenvalue weighted by atomic mass is 79.9. The van der Waals surface area contributed by atoms with Crippen LogP contribution >= 0.6 is 15.9 Å². The van der Waals surface area contributed by atoms with Crippen LogP contribution in [0.1, 0.15) is 57.9 Å². The molecule has 1 aliphatic heterocycles. The number of aromatic nitrogens is 1. The smallest absolute Gasteiger partial charge is 0.137 e. The minimum absolute atomic E-state index is 0.171. The van der Waals surface area contributed by atoms with E-state index >= 15 is 0 Å². The van der Waals surface area contributed by atoms with Crippen LogP contribution in [-0.2, 0) is 0 Å². The van der Waals surface area contributed by atoms with Gasteiger partial charge in [-0.1, -0.05) is 19.3 Å². The van der Waals surface area contributed by atoms with Crippen molar-refractivity contribution >= 4 is 27.5 Å². The van der Waals surface area contributed by atoms with Crippen LogP contribution in [0.2, 0.25) is 0 Å². The third kappa shape index (κ3) is 6.52. The molecule has 2 aliphatic rings. The molecule has 2 heterocycles. The molecule has 1 aromatic heterocycles. The van der Waals surface area contributed by atoms with Crippen molar-refractivity contribution < 1.29 is 10.2 Å². The van der Waals surface area contributed by atoms with Crippen molar-refractivity contribution in [2.45, 2.75) is 70.6 Å². The Morgan fingerprint density at radius 1 is 1.33 bits per heavy atom. The van der Waals surface area contributed by atoms with Crippen molar-refractivity contribution in [3.05, 3.63) is 22.3 Å². The number of nitrogens with one attached hydrogen (secondary N) is 2. The van der Waals surface area contributed by atoms with Gasteiger partial charge in [-0.25, -0.2) is 4.98 Å². The summed E-state index contributed by atoms with van der Waals surface area (Å²) in [6.45, 7) is 5.14. The Morgan fingerprint density at radius 3 is 2.59 bits per heavy atom. The lowest BCUT2D eigenvalue weighted by Crippen LogP contribution is -2.55. The van der Waals surface area contributed by atoms with Crippen LogP contribution in [0.4, 0.5) is 5.82 Å². The summed E-state index contributed by atoms with van der Waals surface area (Å²) in [6, 6.07) is 2.67. The van der Waals surface area contributed by atoms with Gasteiger partial charge < -0.3 is 25.8 Å². The predicted octanol–water partition coefficient (Wildman–Crippen LogP) is 3.09. The lowest BCUT2D eigenvalue weighted by atomic mass is 9.92. The monoisotopic (exact) mass is 440 g/mol. The second-order valence-corrected chi connectivity index (χ2v) is 8.29. The van der Waals surface area contributed by atoms with Gasteiger partial charge >= 0.3 is 0 Å². The fraction of sp³-hybridized carbons (Fsp3) is 0.700. The third-order valence-electron chi connectivity index (χ3n) is 5.17. The van der Waals surface area contributed by atoms with E-state index in [1.165, 1.54) is 32.1 Å². The highest BCUT2D eigenvalue weighted by molar-refractivity contribution is 9.10. The molecule has 1 aliphatic carbocycles. The highest BCUT2D eigenvalue weighted by Gasteiger charge is 2.31. The molecule has 0 amide bonds. The first-order chi connectivity index (χ1) is 13.0. The summed E-state index contributed by atoms with van der Waals surface area (Å²) in [5.41, 5.74) is 1.33. The van der Waals surface area contributed by atoms with Crippen molar-refractivity contribution in [1.29, 1.82) is 5.41 Å². The lowest BCUT2D eigenvalue weighted by Gasteiger charge is -2.40. The standard InChI is InChI=1S/C18H27BrN4O.C2H6O/c1-12(20)15-9-13(19)10-21-18(15)23-8-7-16(17(24)11-23)22-14-5-3-2-4-6-14;1-2-3/h9-10,14,16-17,20,22,24H,2-8,11H2,1H3;3H,2H2,1H3/t16-,17-;/m1./s1. The van der Waals surface area contributed by atoms with Crippen molar-refractivity contribution in [1.82, 2.24) is 10.3 Å². The molecule has 0 aromatic carbocycles. The van der Waals surface area contributed by atoms with E-state index in [9.17, 15) is 5.11 Å². The average molecular weight is 441 g/mol. The lowest BCUT2D eigenvalue weighted by molar-refractivity contribution is 0.103. The van der Waals surface area contributed by atoms with Crippen LogP contribution in [0.25, 0.3) is 0 Å². The number of piperidine rings is 1. The first-order valence-electron chi connectivity index (χ1n) is 9.97. The van der Waals surface area contributed by atoms with E-state index in [0.29, 0.717) is 18.3 Å². The Hall–Kier alpha value is -1.02. The molecule has 1 aromatic rings. The fourth-order valence-electron chi connectivity index (χ4n) is 3.85. The van der Waals surface area contributed by atoms with Gasteiger partial charge in [0.25, 0.3) is 0 Å².